The highest BCUT2D eigenvalue weighted by Gasteiger charge is 2.15. The molecule has 8 heteroatoms. The summed E-state index contributed by atoms with van der Waals surface area (Å²) in [5, 5.41) is 13.4. The maximum atomic E-state index is 12.0. The van der Waals surface area contributed by atoms with Crippen LogP contribution in [-0.2, 0) is 16.1 Å². The fourth-order valence-electron chi connectivity index (χ4n) is 2.24. The molecule has 2 aromatic carbocycles. The van der Waals surface area contributed by atoms with Crippen LogP contribution in [0.25, 0.3) is 0 Å². The smallest absolute Gasteiger partial charge is 0.338 e. The van der Waals surface area contributed by atoms with E-state index in [4.69, 9.17) is 9.47 Å². The average Bonchev–Trinajstić information content (AvgIpc) is 2.64. The third-order valence-electron chi connectivity index (χ3n) is 3.59. The predicted molar refractivity (Wildman–Crippen MR) is 93.0 cm³/mol. The Kier molecular flexibility index (Phi) is 6.26. The van der Waals surface area contributed by atoms with Crippen LogP contribution in [0.5, 0.6) is 5.75 Å². The Labute approximate surface area is 149 Å². The first-order chi connectivity index (χ1) is 12.4. The number of nitro groups is 1. The molecule has 26 heavy (non-hydrogen) atoms. The molecule has 0 atom stereocenters. The molecule has 2 rings (SSSR count). The van der Waals surface area contributed by atoms with Crippen molar-refractivity contribution >= 4 is 17.6 Å². The summed E-state index contributed by atoms with van der Waals surface area (Å²) < 4.78 is 10.0. The van der Waals surface area contributed by atoms with Crippen molar-refractivity contribution < 1.29 is 24.0 Å². The van der Waals surface area contributed by atoms with E-state index in [1.54, 1.807) is 25.3 Å². The number of nitrogens with zero attached hydrogens (tertiary/aromatic N) is 1. The fourth-order valence-corrected chi connectivity index (χ4v) is 2.24. The number of carbonyl (C=O) groups excluding carboxylic acids is 2. The van der Waals surface area contributed by atoms with Gasteiger partial charge in [-0.05, 0) is 36.8 Å². The molecule has 8 nitrogen and oxygen atoms in total. The number of esters is 1. The van der Waals surface area contributed by atoms with Crippen molar-refractivity contribution in [3.8, 4) is 5.75 Å². The van der Waals surface area contributed by atoms with E-state index in [2.05, 4.69) is 5.32 Å². The van der Waals surface area contributed by atoms with Crippen LogP contribution in [-0.4, -0.2) is 30.5 Å². The molecule has 0 spiro atoms. The van der Waals surface area contributed by atoms with Gasteiger partial charge in [-0.25, -0.2) is 4.79 Å². The molecule has 0 aromatic heterocycles. The average molecular weight is 358 g/mol. The van der Waals surface area contributed by atoms with Gasteiger partial charge in [-0.2, -0.15) is 0 Å². The van der Waals surface area contributed by atoms with Crippen LogP contribution < -0.4 is 10.1 Å². The summed E-state index contributed by atoms with van der Waals surface area (Å²) in [6.45, 7) is 1.35. The largest absolute Gasteiger partial charge is 0.497 e. The predicted octanol–water partition coefficient (Wildman–Crippen LogP) is 2.39. The summed E-state index contributed by atoms with van der Waals surface area (Å²) >= 11 is 0. The van der Waals surface area contributed by atoms with E-state index in [1.807, 2.05) is 6.07 Å². The van der Waals surface area contributed by atoms with E-state index in [0.29, 0.717) is 11.3 Å². The van der Waals surface area contributed by atoms with Crippen molar-refractivity contribution in [3.05, 3.63) is 69.3 Å². The minimum atomic E-state index is -0.723. The van der Waals surface area contributed by atoms with Crippen molar-refractivity contribution in [3.63, 3.8) is 0 Å². The Balaban J connectivity index is 1.85. The summed E-state index contributed by atoms with van der Waals surface area (Å²) in [7, 11) is 1.55. The Bertz CT molecular complexity index is 834. The second kappa shape index (κ2) is 8.61. The Morgan fingerprint density at radius 1 is 1.19 bits per heavy atom. The summed E-state index contributed by atoms with van der Waals surface area (Å²) in [5.74, 6) is -0.504. The van der Waals surface area contributed by atoms with Crippen LogP contribution in [0.4, 0.5) is 5.69 Å². The zero-order chi connectivity index (χ0) is 19.1. The molecule has 0 aliphatic rings. The number of benzene rings is 2. The molecule has 0 bridgehead atoms. The summed E-state index contributed by atoms with van der Waals surface area (Å²) in [4.78, 5) is 34.0. The van der Waals surface area contributed by atoms with Gasteiger partial charge in [0.05, 0.1) is 17.6 Å². The van der Waals surface area contributed by atoms with Crippen molar-refractivity contribution in [2.45, 2.75) is 13.5 Å². The minimum absolute atomic E-state index is 0.0856. The highest BCUT2D eigenvalue weighted by molar-refractivity contribution is 5.91. The zero-order valence-corrected chi connectivity index (χ0v) is 14.4. The maximum absolute atomic E-state index is 12.0. The monoisotopic (exact) mass is 358 g/mol. The van der Waals surface area contributed by atoms with Gasteiger partial charge in [-0.3, -0.25) is 14.9 Å². The molecule has 0 unspecified atom stereocenters. The van der Waals surface area contributed by atoms with Crippen molar-refractivity contribution in [2.75, 3.05) is 13.7 Å². The van der Waals surface area contributed by atoms with Crippen LogP contribution >= 0.6 is 0 Å². The third kappa shape index (κ3) is 5.04. The molecular formula is C18H18N2O6. The van der Waals surface area contributed by atoms with Gasteiger partial charge in [0.1, 0.15) is 5.75 Å². The van der Waals surface area contributed by atoms with Gasteiger partial charge < -0.3 is 14.8 Å². The first-order valence-electron chi connectivity index (χ1n) is 7.72. The lowest BCUT2D eigenvalue weighted by molar-refractivity contribution is -0.385. The van der Waals surface area contributed by atoms with Gasteiger partial charge in [0.25, 0.3) is 11.6 Å². The lowest BCUT2D eigenvalue weighted by atomic mass is 10.1. The highest BCUT2D eigenvalue weighted by Crippen LogP contribution is 2.19. The van der Waals surface area contributed by atoms with Gasteiger partial charge in [-0.1, -0.05) is 12.1 Å². The molecule has 136 valence electrons. The molecule has 2 aromatic rings. The number of carbonyl (C=O) groups is 2. The second-order valence-corrected chi connectivity index (χ2v) is 5.46. The van der Waals surface area contributed by atoms with Crippen molar-refractivity contribution in [1.29, 1.82) is 0 Å². The molecule has 0 fully saturated rings. The lowest BCUT2D eigenvalue weighted by Gasteiger charge is -2.08. The first-order valence-corrected chi connectivity index (χ1v) is 7.72. The maximum Gasteiger partial charge on any atom is 0.338 e. The van der Waals surface area contributed by atoms with Gasteiger partial charge in [0.15, 0.2) is 6.61 Å². The second-order valence-electron chi connectivity index (χ2n) is 5.46. The quantitative estimate of drug-likeness (QED) is 0.462. The van der Waals surface area contributed by atoms with Crippen LogP contribution in [0, 0.1) is 17.0 Å². The molecule has 1 amide bonds. The first kappa shape index (κ1) is 18.9. The third-order valence-corrected chi connectivity index (χ3v) is 3.59. The molecule has 0 radical (unpaired) electrons. The van der Waals surface area contributed by atoms with Crippen LogP contribution in [0.1, 0.15) is 21.5 Å². The molecule has 0 aliphatic heterocycles. The number of amides is 1. The number of nitro benzene ring substituents is 1. The molecule has 1 N–H and O–H groups in total. The number of nitrogens with one attached hydrogen (secondary N) is 1. The van der Waals surface area contributed by atoms with Crippen LogP contribution in [0.3, 0.4) is 0 Å². The molecule has 0 saturated carbocycles. The van der Waals surface area contributed by atoms with E-state index in [9.17, 15) is 19.7 Å². The SMILES string of the molecule is COc1cccc(CNC(=O)COC(=O)c2ccc([N+](=O)[O-])c(C)c2)c1. The van der Waals surface area contributed by atoms with Crippen molar-refractivity contribution in [2.24, 2.45) is 0 Å². The standard InChI is InChI=1S/C18H18N2O6/c1-12-8-14(6-7-16(12)20(23)24)18(22)26-11-17(21)19-10-13-4-3-5-15(9-13)25-2/h3-9H,10-11H2,1-2H3,(H,19,21). The van der Waals surface area contributed by atoms with E-state index < -0.39 is 23.4 Å². The molecule has 0 aliphatic carbocycles. The van der Waals surface area contributed by atoms with E-state index in [1.165, 1.54) is 25.1 Å². The normalized spacial score (nSPS) is 10.1. The van der Waals surface area contributed by atoms with E-state index in [0.717, 1.165) is 5.56 Å². The number of aryl methyl sites for hydroxylation is 1. The van der Waals surface area contributed by atoms with Gasteiger partial charge in [-0.15, -0.1) is 0 Å². The Morgan fingerprint density at radius 2 is 1.96 bits per heavy atom. The number of hydrogen-bond donors (Lipinski definition) is 1. The number of ether oxygens (including phenoxy) is 2. The van der Waals surface area contributed by atoms with E-state index in [-0.39, 0.29) is 17.8 Å². The molecular weight excluding hydrogens is 340 g/mol. The van der Waals surface area contributed by atoms with E-state index >= 15 is 0 Å². The topological polar surface area (TPSA) is 108 Å². The summed E-state index contributed by atoms with van der Waals surface area (Å²) in [6.07, 6.45) is 0. The van der Waals surface area contributed by atoms with Crippen molar-refractivity contribution in [1.82, 2.24) is 5.32 Å². The number of rotatable bonds is 7. The van der Waals surface area contributed by atoms with Crippen LogP contribution in [0.2, 0.25) is 0 Å². The summed E-state index contributed by atoms with van der Waals surface area (Å²) in [6, 6.07) is 11.1. The zero-order valence-electron chi connectivity index (χ0n) is 14.4. The highest BCUT2D eigenvalue weighted by atomic mass is 16.6. The Morgan fingerprint density at radius 3 is 2.62 bits per heavy atom. The fraction of sp³-hybridized carbons (Fsp3) is 0.222. The summed E-state index contributed by atoms with van der Waals surface area (Å²) in [5.41, 5.74) is 1.24. The van der Waals surface area contributed by atoms with Crippen LogP contribution in [0.15, 0.2) is 42.5 Å². The Hall–Kier alpha value is -3.42. The van der Waals surface area contributed by atoms with Gasteiger partial charge >= 0.3 is 5.97 Å². The molecule has 0 heterocycles. The van der Waals surface area contributed by atoms with Gasteiger partial charge in [0, 0.05) is 18.2 Å². The minimum Gasteiger partial charge on any atom is -0.497 e. The number of hydrogen-bond acceptors (Lipinski definition) is 6. The number of methoxy groups -OCH3 is 1. The van der Waals surface area contributed by atoms with Gasteiger partial charge in [0.2, 0.25) is 0 Å². The molecule has 0 saturated heterocycles. The lowest BCUT2D eigenvalue weighted by Crippen LogP contribution is -2.28.